The predicted molar refractivity (Wildman–Crippen MR) is 75.4 cm³/mol. The molecule has 2 N–H and O–H groups in total. The van der Waals surface area contributed by atoms with Crippen LogP contribution >= 0.6 is 0 Å². The second-order valence-electron chi connectivity index (χ2n) is 4.26. The van der Waals surface area contributed by atoms with Crippen molar-refractivity contribution in [3.8, 4) is 5.69 Å². The highest BCUT2D eigenvalue weighted by molar-refractivity contribution is 5.90. The van der Waals surface area contributed by atoms with Crippen molar-refractivity contribution < 1.29 is 4.79 Å². The van der Waals surface area contributed by atoms with Gasteiger partial charge in [-0.2, -0.15) is 5.10 Å². The molecule has 100 valence electrons. The Kier molecular flexibility index (Phi) is 4.69. The van der Waals surface area contributed by atoms with Crippen LogP contribution in [0.5, 0.6) is 0 Å². The van der Waals surface area contributed by atoms with Gasteiger partial charge in [0.15, 0.2) is 0 Å². The van der Waals surface area contributed by atoms with Gasteiger partial charge in [-0.05, 0) is 44.3 Å². The van der Waals surface area contributed by atoms with Gasteiger partial charge in [0.25, 0.3) is 0 Å². The third kappa shape index (κ3) is 3.93. The molecule has 19 heavy (non-hydrogen) atoms. The number of carbonyl (C=O) groups excluding carboxylic acids is 1. The van der Waals surface area contributed by atoms with Gasteiger partial charge in [-0.25, -0.2) is 4.68 Å². The quantitative estimate of drug-likeness (QED) is 0.777. The number of anilines is 1. The lowest BCUT2D eigenvalue weighted by molar-refractivity contribution is -0.116. The van der Waals surface area contributed by atoms with E-state index in [2.05, 4.69) is 15.7 Å². The number of rotatable bonds is 6. The molecule has 0 fully saturated rings. The van der Waals surface area contributed by atoms with Crippen molar-refractivity contribution in [2.24, 2.45) is 0 Å². The Hall–Kier alpha value is -2.14. The number of benzene rings is 1. The highest BCUT2D eigenvalue weighted by Crippen LogP contribution is 2.14. The van der Waals surface area contributed by atoms with Crippen LogP contribution in [0.1, 0.15) is 12.8 Å². The van der Waals surface area contributed by atoms with Crippen LogP contribution in [0.4, 0.5) is 5.69 Å². The molecule has 2 aromatic rings. The Morgan fingerprint density at radius 2 is 2.26 bits per heavy atom. The number of hydrogen-bond acceptors (Lipinski definition) is 3. The SMILES string of the molecule is CNCCCC(=O)Nc1cccc(-n2cccn2)c1. The number of aromatic nitrogens is 2. The molecule has 0 saturated carbocycles. The summed E-state index contributed by atoms with van der Waals surface area (Å²) in [6, 6.07) is 9.50. The molecule has 0 saturated heterocycles. The van der Waals surface area contributed by atoms with Crippen LogP contribution in [-0.2, 0) is 4.79 Å². The fraction of sp³-hybridized carbons (Fsp3) is 0.286. The molecule has 1 aromatic heterocycles. The van der Waals surface area contributed by atoms with Crippen LogP contribution < -0.4 is 10.6 Å². The summed E-state index contributed by atoms with van der Waals surface area (Å²) in [5, 5.41) is 10.1. The van der Waals surface area contributed by atoms with Crippen LogP contribution in [0.25, 0.3) is 5.69 Å². The van der Waals surface area contributed by atoms with Gasteiger partial charge in [-0.1, -0.05) is 6.07 Å². The van der Waals surface area contributed by atoms with Crippen LogP contribution in [0.2, 0.25) is 0 Å². The second kappa shape index (κ2) is 6.70. The molecule has 5 heteroatoms. The summed E-state index contributed by atoms with van der Waals surface area (Å²) in [6.07, 6.45) is 4.95. The third-order valence-electron chi connectivity index (χ3n) is 2.73. The zero-order valence-corrected chi connectivity index (χ0v) is 11.0. The first-order valence-corrected chi connectivity index (χ1v) is 6.34. The fourth-order valence-corrected chi connectivity index (χ4v) is 1.80. The highest BCUT2D eigenvalue weighted by Gasteiger charge is 2.03. The minimum atomic E-state index is 0.0351. The molecule has 0 aliphatic heterocycles. The maximum absolute atomic E-state index is 11.7. The van der Waals surface area contributed by atoms with E-state index in [9.17, 15) is 4.79 Å². The molecule has 0 radical (unpaired) electrons. The van der Waals surface area contributed by atoms with Crippen molar-refractivity contribution in [3.05, 3.63) is 42.7 Å². The summed E-state index contributed by atoms with van der Waals surface area (Å²) >= 11 is 0. The molecule has 1 amide bonds. The molecule has 1 aromatic carbocycles. The van der Waals surface area contributed by atoms with Crippen molar-refractivity contribution in [2.45, 2.75) is 12.8 Å². The molecule has 0 bridgehead atoms. The van der Waals surface area contributed by atoms with Crippen molar-refractivity contribution in [2.75, 3.05) is 18.9 Å². The molecular weight excluding hydrogens is 240 g/mol. The molecule has 5 nitrogen and oxygen atoms in total. The van der Waals surface area contributed by atoms with Crippen molar-refractivity contribution >= 4 is 11.6 Å². The van der Waals surface area contributed by atoms with E-state index in [1.807, 2.05) is 43.6 Å². The zero-order chi connectivity index (χ0) is 13.5. The number of amides is 1. The van der Waals surface area contributed by atoms with Crippen LogP contribution in [-0.4, -0.2) is 29.3 Å². The van der Waals surface area contributed by atoms with Crippen molar-refractivity contribution in [3.63, 3.8) is 0 Å². The molecule has 0 unspecified atom stereocenters. The lowest BCUT2D eigenvalue weighted by Crippen LogP contribution is -2.15. The first-order chi connectivity index (χ1) is 9.29. The molecule has 0 spiro atoms. The van der Waals surface area contributed by atoms with E-state index in [0.717, 1.165) is 24.3 Å². The monoisotopic (exact) mass is 258 g/mol. The summed E-state index contributed by atoms with van der Waals surface area (Å²) in [7, 11) is 1.88. The van der Waals surface area contributed by atoms with Gasteiger partial charge in [0.2, 0.25) is 5.91 Å². The lowest BCUT2D eigenvalue weighted by atomic mass is 10.2. The number of carbonyl (C=O) groups is 1. The zero-order valence-electron chi connectivity index (χ0n) is 11.0. The van der Waals surface area contributed by atoms with Gasteiger partial charge in [0.1, 0.15) is 0 Å². The first-order valence-electron chi connectivity index (χ1n) is 6.34. The van der Waals surface area contributed by atoms with Crippen LogP contribution in [0.15, 0.2) is 42.7 Å². The Labute approximate surface area is 112 Å². The predicted octanol–water partition coefficient (Wildman–Crippen LogP) is 1.81. The van der Waals surface area contributed by atoms with E-state index in [1.54, 1.807) is 10.9 Å². The first kappa shape index (κ1) is 13.3. The molecule has 0 aliphatic rings. The van der Waals surface area contributed by atoms with E-state index < -0.39 is 0 Å². The van der Waals surface area contributed by atoms with Gasteiger partial charge >= 0.3 is 0 Å². The van der Waals surface area contributed by atoms with Gasteiger partial charge in [0.05, 0.1) is 5.69 Å². The summed E-state index contributed by atoms with van der Waals surface area (Å²) in [4.78, 5) is 11.7. The van der Waals surface area contributed by atoms with Gasteiger partial charge in [-0.15, -0.1) is 0 Å². The maximum atomic E-state index is 11.7. The Bertz CT molecular complexity index is 522. The van der Waals surface area contributed by atoms with Gasteiger partial charge in [-0.3, -0.25) is 4.79 Å². The minimum Gasteiger partial charge on any atom is -0.326 e. The lowest BCUT2D eigenvalue weighted by Gasteiger charge is -2.07. The maximum Gasteiger partial charge on any atom is 0.224 e. The molecule has 0 aliphatic carbocycles. The normalized spacial score (nSPS) is 10.4. The number of hydrogen-bond donors (Lipinski definition) is 2. The highest BCUT2D eigenvalue weighted by atomic mass is 16.1. The largest absolute Gasteiger partial charge is 0.326 e. The van der Waals surface area contributed by atoms with Crippen molar-refractivity contribution in [1.82, 2.24) is 15.1 Å². The van der Waals surface area contributed by atoms with E-state index in [4.69, 9.17) is 0 Å². The van der Waals surface area contributed by atoms with Crippen LogP contribution in [0.3, 0.4) is 0 Å². The van der Waals surface area contributed by atoms with E-state index >= 15 is 0 Å². The average molecular weight is 258 g/mol. The second-order valence-corrected chi connectivity index (χ2v) is 4.26. The average Bonchev–Trinajstić information content (AvgIpc) is 2.93. The van der Waals surface area contributed by atoms with Gasteiger partial charge in [0, 0.05) is 24.5 Å². The minimum absolute atomic E-state index is 0.0351. The Morgan fingerprint density at radius 3 is 3.00 bits per heavy atom. The smallest absolute Gasteiger partial charge is 0.224 e. The molecule has 0 atom stereocenters. The summed E-state index contributed by atoms with van der Waals surface area (Å²) in [6.45, 7) is 0.848. The summed E-state index contributed by atoms with van der Waals surface area (Å²) in [5.41, 5.74) is 1.72. The molecular formula is C14H18N4O. The Morgan fingerprint density at radius 1 is 1.37 bits per heavy atom. The molecule has 2 rings (SSSR count). The third-order valence-corrected chi connectivity index (χ3v) is 2.73. The van der Waals surface area contributed by atoms with Crippen molar-refractivity contribution in [1.29, 1.82) is 0 Å². The fourth-order valence-electron chi connectivity index (χ4n) is 1.80. The summed E-state index contributed by atoms with van der Waals surface area (Å²) < 4.78 is 1.76. The number of nitrogens with zero attached hydrogens (tertiary/aromatic N) is 2. The Balaban J connectivity index is 1.97. The van der Waals surface area contributed by atoms with E-state index in [-0.39, 0.29) is 5.91 Å². The topological polar surface area (TPSA) is 59.0 Å². The summed E-state index contributed by atoms with van der Waals surface area (Å²) in [5.74, 6) is 0.0351. The molecule has 1 heterocycles. The van der Waals surface area contributed by atoms with Crippen LogP contribution in [0, 0.1) is 0 Å². The van der Waals surface area contributed by atoms with E-state index in [1.165, 1.54) is 0 Å². The van der Waals surface area contributed by atoms with E-state index in [0.29, 0.717) is 6.42 Å². The van der Waals surface area contributed by atoms with Gasteiger partial charge < -0.3 is 10.6 Å². The standard InChI is InChI=1S/C14H18N4O/c1-15-8-3-7-14(19)17-12-5-2-6-13(11-12)18-10-4-9-16-18/h2,4-6,9-11,15H,3,7-8H2,1H3,(H,17,19). The number of nitrogens with one attached hydrogen (secondary N) is 2.